The zero-order valence-corrected chi connectivity index (χ0v) is 12.1. The zero-order chi connectivity index (χ0) is 13.7. The molecule has 0 aliphatic rings. The predicted octanol–water partition coefficient (Wildman–Crippen LogP) is 4.35. The van der Waals surface area contributed by atoms with Gasteiger partial charge in [-0.1, -0.05) is 46.3 Å². The Morgan fingerprint density at radius 1 is 1.16 bits per heavy atom. The first-order valence-corrected chi connectivity index (χ1v) is 6.61. The third-order valence-corrected chi connectivity index (χ3v) is 3.16. The van der Waals surface area contributed by atoms with Crippen LogP contribution in [0.4, 0.5) is 0 Å². The van der Waals surface area contributed by atoms with E-state index in [1.165, 1.54) is 0 Å². The highest BCUT2D eigenvalue weighted by Crippen LogP contribution is 2.19. The number of methoxy groups -OCH3 is 1. The lowest BCUT2D eigenvalue weighted by Gasteiger charge is -2.03. The SMILES string of the molecule is COc1ccccc1C=CC(=O)c1cccc(Br)c1. The summed E-state index contributed by atoms with van der Waals surface area (Å²) in [6, 6.07) is 14.9. The molecule has 0 radical (unpaired) electrons. The average Bonchev–Trinajstić information content (AvgIpc) is 2.45. The van der Waals surface area contributed by atoms with Crippen molar-refractivity contribution < 1.29 is 9.53 Å². The Balaban J connectivity index is 2.21. The summed E-state index contributed by atoms with van der Waals surface area (Å²) in [5, 5.41) is 0. The zero-order valence-electron chi connectivity index (χ0n) is 10.5. The predicted molar refractivity (Wildman–Crippen MR) is 80.5 cm³/mol. The van der Waals surface area contributed by atoms with Gasteiger partial charge in [-0.25, -0.2) is 0 Å². The molecular formula is C16H13BrO2. The van der Waals surface area contributed by atoms with Gasteiger partial charge in [0.25, 0.3) is 0 Å². The molecule has 3 heteroatoms. The van der Waals surface area contributed by atoms with E-state index < -0.39 is 0 Å². The molecule has 2 nitrogen and oxygen atoms in total. The second kappa shape index (κ2) is 6.34. The fourth-order valence-corrected chi connectivity index (χ4v) is 2.11. The molecule has 2 aromatic rings. The summed E-state index contributed by atoms with van der Waals surface area (Å²) in [4.78, 5) is 12.0. The lowest BCUT2D eigenvalue weighted by Crippen LogP contribution is -1.94. The van der Waals surface area contributed by atoms with Gasteiger partial charge in [0.15, 0.2) is 5.78 Å². The van der Waals surface area contributed by atoms with Crippen LogP contribution >= 0.6 is 15.9 Å². The van der Waals surface area contributed by atoms with Gasteiger partial charge in [0, 0.05) is 15.6 Å². The Morgan fingerprint density at radius 3 is 2.68 bits per heavy atom. The normalized spacial score (nSPS) is 10.6. The number of ether oxygens (including phenoxy) is 1. The van der Waals surface area contributed by atoms with E-state index in [-0.39, 0.29) is 5.78 Å². The van der Waals surface area contributed by atoms with Gasteiger partial charge >= 0.3 is 0 Å². The van der Waals surface area contributed by atoms with Crippen LogP contribution in [0.15, 0.2) is 59.1 Å². The van der Waals surface area contributed by atoms with Crippen molar-refractivity contribution >= 4 is 27.8 Å². The number of carbonyl (C=O) groups is 1. The monoisotopic (exact) mass is 316 g/mol. The molecule has 0 N–H and O–H groups in total. The summed E-state index contributed by atoms with van der Waals surface area (Å²) < 4.78 is 6.13. The van der Waals surface area contributed by atoms with Crippen LogP contribution in [0.5, 0.6) is 5.75 Å². The molecule has 0 amide bonds. The van der Waals surface area contributed by atoms with Crippen LogP contribution in [0.3, 0.4) is 0 Å². The molecule has 0 saturated heterocycles. The Bertz CT molecular complexity index is 618. The Kier molecular flexibility index (Phi) is 4.53. The smallest absolute Gasteiger partial charge is 0.185 e. The van der Waals surface area contributed by atoms with Crippen molar-refractivity contribution in [2.75, 3.05) is 7.11 Å². The molecule has 19 heavy (non-hydrogen) atoms. The highest BCUT2D eigenvalue weighted by molar-refractivity contribution is 9.10. The van der Waals surface area contributed by atoms with Crippen LogP contribution in [-0.4, -0.2) is 12.9 Å². The van der Waals surface area contributed by atoms with Crippen molar-refractivity contribution in [3.63, 3.8) is 0 Å². The number of carbonyl (C=O) groups excluding carboxylic acids is 1. The van der Waals surface area contributed by atoms with Crippen molar-refractivity contribution in [2.24, 2.45) is 0 Å². The van der Waals surface area contributed by atoms with Crippen molar-refractivity contribution in [1.82, 2.24) is 0 Å². The maximum atomic E-state index is 12.0. The second-order valence-electron chi connectivity index (χ2n) is 3.95. The van der Waals surface area contributed by atoms with Gasteiger partial charge in [-0.3, -0.25) is 4.79 Å². The summed E-state index contributed by atoms with van der Waals surface area (Å²) in [6.07, 6.45) is 3.32. The van der Waals surface area contributed by atoms with Gasteiger partial charge in [0.2, 0.25) is 0 Å². The van der Waals surface area contributed by atoms with Gasteiger partial charge in [-0.2, -0.15) is 0 Å². The molecule has 96 valence electrons. The van der Waals surface area contributed by atoms with E-state index in [4.69, 9.17) is 4.74 Å². The molecule has 0 aliphatic carbocycles. The molecule has 0 bridgehead atoms. The minimum Gasteiger partial charge on any atom is -0.496 e. The molecule has 0 spiro atoms. The Labute approximate surface area is 120 Å². The van der Waals surface area contributed by atoms with Crippen LogP contribution in [0.25, 0.3) is 6.08 Å². The first-order chi connectivity index (χ1) is 9.20. The first kappa shape index (κ1) is 13.6. The van der Waals surface area contributed by atoms with E-state index in [1.54, 1.807) is 31.4 Å². The first-order valence-electron chi connectivity index (χ1n) is 5.81. The molecule has 2 rings (SSSR count). The van der Waals surface area contributed by atoms with Crippen LogP contribution in [0.2, 0.25) is 0 Å². The number of allylic oxidation sites excluding steroid dienone is 1. The van der Waals surface area contributed by atoms with Crippen LogP contribution in [-0.2, 0) is 0 Å². The van der Waals surface area contributed by atoms with E-state index in [2.05, 4.69) is 15.9 Å². The van der Waals surface area contributed by atoms with Gasteiger partial charge in [0.1, 0.15) is 5.75 Å². The lowest BCUT2D eigenvalue weighted by atomic mass is 10.1. The molecule has 0 unspecified atom stereocenters. The Hall–Kier alpha value is -1.87. The number of ketones is 1. The maximum absolute atomic E-state index is 12.0. The molecule has 0 aliphatic heterocycles. The summed E-state index contributed by atoms with van der Waals surface area (Å²) >= 11 is 3.35. The fraction of sp³-hybridized carbons (Fsp3) is 0.0625. The fourth-order valence-electron chi connectivity index (χ4n) is 1.71. The molecular weight excluding hydrogens is 304 g/mol. The molecule has 0 saturated carbocycles. The minimum absolute atomic E-state index is 0.0350. The molecule has 0 fully saturated rings. The van der Waals surface area contributed by atoms with Crippen LogP contribution < -0.4 is 4.74 Å². The van der Waals surface area contributed by atoms with E-state index in [0.29, 0.717) is 5.56 Å². The number of hydrogen-bond acceptors (Lipinski definition) is 2. The highest BCUT2D eigenvalue weighted by Gasteiger charge is 2.03. The van der Waals surface area contributed by atoms with E-state index in [0.717, 1.165) is 15.8 Å². The largest absolute Gasteiger partial charge is 0.496 e. The van der Waals surface area contributed by atoms with Gasteiger partial charge < -0.3 is 4.74 Å². The minimum atomic E-state index is -0.0350. The highest BCUT2D eigenvalue weighted by atomic mass is 79.9. The molecule has 0 aromatic heterocycles. The third kappa shape index (κ3) is 3.55. The maximum Gasteiger partial charge on any atom is 0.185 e. The van der Waals surface area contributed by atoms with Crippen molar-refractivity contribution in [1.29, 1.82) is 0 Å². The van der Waals surface area contributed by atoms with E-state index in [9.17, 15) is 4.79 Å². The van der Waals surface area contributed by atoms with Crippen LogP contribution in [0.1, 0.15) is 15.9 Å². The number of para-hydroxylation sites is 1. The van der Waals surface area contributed by atoms with Gasteiger partial charge in [-0.05, 0) is 30.4 Å². The van der Waals surface area contributed by atoms with Gasteiger partial charge in [0.05, 0.1) is 7.11 Å². The number of halogens is 1. The quantitative estimate of drug-likeness (QED) is 0.619. The Morgan fingerprint density at radius 2 is 1.95 bits per heavy atom. The standard InChI is InChI=1S/C16H13BrO2/c1-19-16-8-3-2-5-12(16)9-10-15(18)13-6-4-7-14(17)11-13/h2-11H,1H3. The third-order valence-electron chi connectivity index (χ3n) is 2.66. The summed E-state index contributed by atoms with van der Waals surface area (Å²) in [5.74, 6) is 0.716. The van der Waals surface area contributed by atoms with Gasteiger partial charge in [-0.15, -0.1) is 0 Å². The molecule has 0 heterocycles. The topological polar surface area (TPSA) is 26.3 Å². The van der Waals surface area contributed by atoms with Crippen molar-refractivity contribution in [3.8, 4) is 5.75 Å². The number of rotatable bonds is 4. The lowest BCUT2D eigenvalue weighted by molar-refractivity contribution is 0.104. The van der Waals surface area contributed by atoms with Crippen LogP contribution in [0, 0.1) is 0 Å². The van der Waals surface area contributed by atoms with Crippen molar-refractivity contribution in [3.05, 3.63) is 70.2 Å². The summed E-state index contributed by atoms with van der Waals surface area (Å²) in [7, 11) is 1.61. The number of hydrogen-bond donors (Lipinski definition) is 0. The number of benzene rings is 2. The molecule has 2 aromatic carbocycles. The molecule has 0 atom stereocenters. The van der Waals surface area contributed by atoms with E-state index in [1.807, 2.05) is 36.4 Å². The summed E-state index contributed by atoms with van der Waals surface area (Å²) in [5.41, 5.74) is 1.54. The average molecular weight is 317 g/mol. The van der Waals surface area contributed by atoms with E-state index >= 15 is 0 Å². The van der Waals surface area contributed by atoms with Crippen molar-refractivity contribution in [2.45, 2.75) is 0 Å². The summed E-state index contributed by atoms with van der Waals surface area (Å²) in [6.45, 7) is 0. The second-order valence-corrected chi connectivity index (χ2v) is 4.87.